The number of nitrogens with one attached hydrogen (secondary N) is 1. The van der Waals surface area contributed by atoms with E-state index in [1.54, 1.807) is 6.33 Å². The molecule has 1 saturated carbocycles. The number of piperidine rings is 1. The minimum atomic E-state index is -0.0812. The highest BCUT2D eigenvalue weighted by Crippen LogP contribution is 2.42. The van der Waals surface area contributed by atoms with Gasteiger partial charge in [-0.25, -0.2) is 4.98 Å². The number of imidazole rings is 1. The Bertz CT molecular complexity index is 820. The van der Waals surface area contributed by atoms with Crippen LogP contribution < -0.4 is 4.90 Å². The van der Waals surface area contributed by atoms with E-state index in [9.17, 15) is 5.11 Å². The predicted octanol–water partition coefficient (Wildman–Crippen LogP) is 2.60. The molecular formula is C19H27ClN6O. The molecule has 1 atom stereocenters. The summed E-state index contributed by atoms with van der Waals surface area (Å²) in [7, 11) is 0. The van der Waals surface area contributed by atoms with Crippen LogP contribution in [-0.2, 0) is 0 Å². The average Bonchev–Trinajstić information content (AvgIpc) is 3.29. The summed E-state index contributed by atoms with van der Waals surface area (Å²) in [6, 6.07) is 0.649. The van der Waals surface area contributed by atoms with Gasteiger partial charge in [-0.05, 0) is 63.1 Å². The Morgan fingerprint density at radius 1 is 1.11 bits per heavy atom. The molecule has 4 heterocycles. The summed E-state index contributed by atoms with van der Waals surface area (Å²) in [5.74, 6) is 0.890. The van der Waals surface area contributed by atoms with Crippen LogP contribution in [-0.4, -0.2) is 68.3 Å². The summed E-state index contributed by atoms with van der Waals surface area (Å²) in [4.78, 5) is 21.3. The van der Waals surface area contributed by atoms with Crippen LogP contribution in [0.15, 0.2) is 6.33 Å². The lowest BCUT2D eigenvalue weighted by Gasteiger charge is -2.42. The zero-order chi connectivity index (χ0) is 18.4. The Hall–Kier alpha value is -1.44. The molecule has 146 valence electrons. The molecule has 0 radical (unpaired) electrons. The Morgan fingerprint density at radius 2 is 1.96 bits per heavy atom. The number of aromatic amines is 1. The number of aromatic nitrogens is 4. The first kappa shape index (κ1) is 17.6. The van der Waals surface area contributed by atoms with Crippen LogP contribution >= 0.6 is 11.6 Å². The minimum Gasteiger partial charge on any atom is -0.393 e. The van der Waals surface area contributed by atoms with Gasteiger partial charge in [0, 0.05) is 31.1 Å². The highest BCUT2D eigenvalue weighted by molar-refractivity contribution is 6.28. The second-order valence-electron chi connectivity index (χ2n) is 8.63. The quantitative estimate of drug-likeness (QED) is 0.767. The zero-order valence-electron chi connectivity index (χ0n) is 15.6. The van der Waals surface area contributed by atoms with Gasteiger partial charge in [-0.3, -0.25) is 4.90 Å². The minimum absolute atomic E-state index is 0.0812. The lowest BCUT2D eigenvalue weighted by atomic mass is 9.79. The van der Waals surface area contributed by atoms with Gasteiger partial charge < -0.3 is 15.0 Å². The molecule has 8 heteroatoms. The number of fused-ring (bicyclic) bond motifs is 1. The molecule has 7 nitrogen and oxygen atoms in total. The molecule has 27 heavy (non-hydrogen) atoms. The highest BCUT2D eigenvalue weighted by atomic mass is 35.5. The van der Waals surface area contributed by atoms with Gasteiger partial charge in [-0.15, -0.1) is 0 Å². The van der Waals surface area contributed by atoms with E-state index < -0.39 is 0 Å². The monoisotopic (exact) mass is 390 g/mol. The second-order valence-corrected chi connectivity index (χ2v) is 8.96. The normalized spacial score (nSPS) is 32.6. The first-order chi connectivity index (χ1) is 13.1. The van der Waals surface area contributed by atoms with Crippen molar-refractivity contribution in [2.75, 3.05) is 31.1 Å². The molecule has 1 aliphatic carbocycles. The first-order valence-corrected chi connectivity index (χ1v) is 10.5. The molecule has 2 aromatic rings. The number of likely N-dealkylation sites (tertiary alicyclic amines) is 1. The summed E-state index contributed by atoms with van der Waals surface area (Å²) in [5, 5.41) is 10.1. The van der Waals surface area contributed by atoms with E-state index in [0.717, 1.165) is 56.7 Å². The molecule has 0 unspecified atom stereocenters. The fourth-order valence-electron chi connectivity index (χ4n) is 5.45. The lowest BCUT2D eigenvalue weighted by Crippen LogP contribution is -2.46. The van der Waals surface area contributed by atoms with Crippen LogP contribution in [0, 0.1) is 5.41 Å². The Morgan fingerprint density at radius 3 is 2.81 bits per heavy atom. The van der Waals surface area contributed by atoms with E-state index in [2.05, 4.69) is 29.7 Å². The fourth-order valence-corrected chi connectivity index (χ4v) is 5.61. The van der Waals surface area contributed by atoms with Gasteiger partial charge in [-0.1, -0.05) is 0 Å². The third-order valence-electron chi connectivity index (χ3n) is 6.85. The summed E-state index contributed by atoms with van der Waals surface area (Å²) >= 11 is 6.16. The van der Waals surface area contributed by atoms with Gasteiger partial charge in [0.2, 0.25) is 5.28 Å². The SMILES string of the molecule is OC1CCC(N2CC[C@]3(CCCN(c4nc(Cl)nc5nc[nH]c45)C3)C2)CC1. The van der Waals surface area contributed by atoms with Crippen molar-refractivity contribution in [1.82, 2.24) is 24.8 Å². The van der Waals surface area contributed by atoms with Gasteiger partial charge in [0.25, 0.3) is 0 Å². The lowest BCUT2D eigenvalue weighted by molar-refractivity contribution is 0.0770. The van der Waals surface area contributed by atoms with Crippen molar-refractivity contribution in [3.63, 3.8) is 0 Å². The molecule has 0 bridgehead atoms. The maximum absolute atomic E-state index is 9.81. The number of hydrogen-bond acceptors (Lipinski definition) is 6. The van der Waals surface area contributed by atoms with Crippen molar-refractivity contribution in [3.05, 3.63) is 11.6 Å². The fraction of sp³-hybridized carbons (Fsp3) is 0.737. The molecule has 1 spiro atoms. The van der Waals surface area contributed by atoms with Gasteiger partial charge in [0.15, 0.2) is 11.5 Å². The summed E-state index contributed by atoms with van der Waals surface area (Å²) in [5.41, 5.74) is 1.85. The molecule has 3 fully saturated rings. The Balaban J connectivity index is 1.34. The number of H-pyrrole nitrogens is 1. The van der Waals surface area contributed by atoms with Crippen LogP contribution in [0.5, 0.6) is 0 Å². The maximum Gasteiger partial charge on any atom is 0.226 e. The van der Waals surface area contributed by atoms with E-state index in [1.165, 1.54) is 25.8 Å². The van der Waals surface area contributed by atoms with Gasteiger partial charge in [0.05, 0.1) is 12.4 Å². The largest absolute Gasteiger partial charge is 0.393 e. The maximum atomic E-state index is 9.81. The molecule has 3 aliphatic rings. The molecule has 2 N–H and O–H groups in total. The number of halogens is 1. The summed E-state index contributed by atoms with van der Waals surface area (Å²) < 4.78 is 0. The number of aliphatic hydroxyl groups is 1. The van der Waals surface area contributed by atoms with Crippen molar-refractivity contribution in [2.45, 2.75) is 57.1 Å². The van der Waals surface area contributed by atoms with E-state index in [1.807, 2.05) is 0 Å². The molecule has 0 aromatic carbocycles. The third-order valence-corrected chi connectivity index (χ3v) is 7.02. The van der Waals surface area contributed by atoms with Crippen LogP contribution in [0.25, 0.3) is 11.2 Å². The average molecular weight is 391 g/mol. The smallest absolute Gasteiger partial charge is 0.226 e. The molecule has 2 aliphatic heterocycles. The van der Waals surface area contributed by atoms with Gasteiger partial charge in [0.1, 0.15) is 5.52 Å². The number of anilines is 1. The van der Waals surface area contributed by atoms with Crippen molar-refractivity contribution in [3.8, 4) is 0 Å². The van der Waals surface area contributed by atoms with Gasteiger partial charge in [-0.2, -0.15) is 9.97 Å². The molecule has 5 rings (SSSR count). The molecular weight excluding hydrogens is 364 g/mol. The second kappa shape index (κ2) is 6.87. The first-order valence-electron chi connectivity index (χ1n) is 10.2. The Kier molecular flexibility index (Phi) is 4.49. The van der Waals surface area contributed by atoms with Crippen molar-refractivity contribution >= 4 is 28.6 Å². The van der Waals surface area contributed by atoms with Crippen molar-refractivity contribution in [2.24, 2.45) is 5.41 Å². The molecule has 2 aromatic heterocycles. The Labute approximate surface area is 164 Å². The van der Waals surface area contributed by atoms with Crippen molar-refractivity contribution < 1.29 is 5.11 Å². The summed E-state index contributed by atoms with van der Waals surface area (Å²) in [6.07, 6.45) is 9.46. The van der Waals surface area contributed by atoms with E-state index >= 15 is 0 Å². The third kappa shape index (κ3) is 3.30. The van der Waals surface area contributed by atoms with Crippen molar-refractivity contribution in [1.29, 1.82) is 0 Å². The van der Waals surface area contributed by atoms with Crippen LogP contribution in [0.1, 0.15) is 44.9 Å². The number of rotatable bonds is 2. The van der Waals surface area contributed by atoms with Crippen LogP contribution in [0.4, 0.5) is 5.82 Å². The standard InChI is InChI=1S/C19H27ClN6O/c20-18-23-16-15(21-12-22-16)17(24-18)26-8-1-6-19(11-26)7-9-25(10-19)13-2-4-14(27)5-3-13/h12-14,27H,1-11H2,(H,21,22,23,24)/t13?,14?,19-/m1/s1. The highest BCUT2D eigenvalue weighted by Gasteiger charge is 2.44. The number of aliphatic hydroxyl groups excluding tert-OH is 1. The number of nitrogens with zero attached hydrogens (tertiary/aromatic N) is 5. The van der Waals surface area contributed by atoms with E-state index in [4.69, 9.17) is 11.6 Å². The van der Waals surface area contributed by atoms with Crippen LogP contribution in [0.2, 0.25) is 5.28 Å². The van der Waals surface area contributed by atoms with Crippen LogP contribution in [0.3, 0.4) is 0 Å². The zero-order valence-corrected chi connectivity index (χ0v) is 16.3. The van der Waals surface area contributed by atoms with E-state index in [0.29, 0.717) is 17.1 Å². The van der Waals surface area contributed by atoms with E-state index in [-0.39, 0.29) is 11.4 Å². The molecule has 2 saturated heterocycles. The summed E-state index contributed by atoms with van der Waals surface area (Å²) in [6.45, 7) is 4.35. The van der Waals surface area contributed by atoms with Gasteiger partial charge >= 0.3 is 0 Å². The topological polar surface area (TPSA) is 81.2 Å². The molecule has 0 amide bonds. The number of hydrogen-bond donors (Lipinski definition) is 2. The predicted molar refractivity (Wildman–Crippen MR) is 105 cm³/mol.